The summed E-state index contributed by atoms with van der Waals surface area (Å²) in [5.74, 6) is 1.38. The first-order valence-corrected chi connectivity index (χ1v) is 9.14. The van der Waals surface area contributed by atoms with Gasteiger partial charge in [-0.05, 0) is 37.6 Å². The van der Waals surface area contributed by atoms with E-state index in [1.165, 1.54) is 0 Å². The number of hydrogen-bond acceptors (Lipinski definition) is 5. The molecule has 6 heteroatoms. The Bertz CT molecular complexity index is 693. The van der Waals surface area contributed by atoms with Crippen molar-refractivity contribution in [1.29, 1.82) is 0 Å². The van der Waals surface area contributed by atoms with Gasteiger partial charge in [-0.2, -0.15) is 0 Å². The van der Waals surface area contributed by atoms with Crippen molar-refractivity contribution in [3.05, 3.63) is 48.2 Å². The van der Waals surface area contributed by atoms with Crippen LogP contribution in [0.25, 0.3) is 0 Å². The standard InChI is InChI=1S/C20H26N2O4/c1-2-22(15-19(23)24)16-10-12-21(13-11-16)14-18-8-9-20(26-18)25-17-6-4-3-5-7-17/h3-9,16H,2,10-15H2,1H3,(H,23,24). The highest BCUT2D eigenvalue weighted by molar-refractivity contribution is 5.69. The Balaban J connectivity index is 1.48. The van der Waals surface area contributed by atoms with Crippen LogP contribution in [0.15, 0.2) is 46.9 Å². The quantitative estimate of drug-likeness (QED) is 0.780. The third-order valence-electron chi connectivity index (χ3n) is 4.80. The molecule has 0 atom stereocenters. The van der Waals surface area contributed by atoms with E-state index in [0.29, 0.717) is 12.0 Å². The number of aliphatic carboxylic acids is 1. The topological polar surface area (TPSA) is 66.2 Å². The summed E-state index contributed by atoms with van der Waals surface area (Å²) in [6.07, 6.45) is 1.96. The molecule has 3 rings (SSSR count). The second-order valence-electron chi connectivity index (χ2n) is 6.60. The average Bonchev–Trinajstić information content (AvgIpc) is 3.08. The van der Waals surface area contributed by atoms with Crippen LogP contribution in [-0.2, 0) is 11.3 Å². The predicted molar refractivity (Wildman–Crippen MR) is 98.4 cm³/mol. The number of nitrogens with zero attached hydrogens (tertiary/aromatic N) is 2. The van der Waals surface area contributed by atoms with Crippen LogP contribution in [0.4, 0.5) is 0 Å². The summed E-state index contributed by atoms with van der Waals surface area (Å²) in [7, 11) is 0. The number of likely N-dealkylation sites (N-methyl/N-ethyl adjacent to an activating group) is 1. The molecule has 2 heterocycles. The molecule has 1 aromatic heterocycles. The molecule has 0 spiro atoms. The van der Waals surface area contributed by atoms with E-state index in [1.807, 2.05) is 49.4 Å². The number of rotatable bonds is 8. The van der Waals surface area contributed by atoms with Crippen LogP contribution in [0.1, 0.15) is 25.5 Å². The molecule has 2 aromatic rings. The van der Waals surface area contributed by atoms with Crippen LogP contribution >= 0.6 is 0 Å². The summed E-state index contributed by atoms with van der Waals surface area (Å²) < 4.78 is 11.5. The summed E-state index contributed by atoms with van der Waals surface area (Å²) >= 11 is 0. The highest BCUT2D eigenvalue weighted by Crippen LogP contribution is 2.25. The Morgan fingerprint density at radius 3 is 2.62 bits per heavy atom. The number of likely N-dealkylation sites (tertiary alicyclic amines) is 1. The largest absolute Gasteiger partial charge is 0.480 e. The van der Waals surface area contributed by atoms with Gasteiger partial charge in [0.2, 0.25) is 0 Å². The third-order valence-corrected chi connectivity index (χ3v) is 4.80. The number of para-hydroxylation sites is 1. The fourth-order valence-electron chi connectivity index (χ4n) is 3.44. The van der Waals surface area contributed by atoms with E-state index in [1.54, 1.807) is 0 Å². The van der Waals surface area contributed by atoms with Crippen molar-refractivity contribution in [2.75, 3.05) is 26.2 Å². The van der Waals surface area contributed by atoms with Gasteiger partial charge in [-0.15, -0.1) is 0 Å². The average molecular weight is 358 g/mol. The summed E-state index contributed by atoms with van der Waals surface area (Å²) in [5, 5.41) is 9.02. The van der Waals surface area contributed by atoms with Crippen LogP contribution in [-0.4, -0.2) is 53.1 Å². The van der Waals surface area contributed by atoms with Crippen molar-refractivity contribution in [2.45, 2.75) is 32.4 Å². The number of carboxylic acids is 1. The number of piperidine rings is 1. The van der Waals surface area contributed by atoms with E-state index in [-0.39, 0.29) is 6.54 Å². The van der Waals surface area contributed by atoms with Gasteiger partial charge in [0, 0.05) is 25.2 Å². The smallest absolute Gasteiger partial charge is 0.317 e. The molecule has 1 aliphatic heterocycles. The Hall–Kier alpha value is -2.31. The Morgan fingerprint density at radius 1 is 1.23 bits per heavy atom. The summed E-state index contributed by atoms with van der Waals surface area (Å²) in [4.78, 5) is 15.4. The maximum atomic E-state index is 11.0. The molecular weight excluding hydrogens is 332 g/mol. The monoisotopic (exact) mass is 358 g/mol. The van der Waals surface area contributed by atoms with Gasteiger partial charge < -0.3 is 14.3 Å². The molecule has 1 aliphatic rings. The van der Waals surface area contributed by atoms with Crippen molar-refractivity contribution in [3.63, 3.8) is 0 Å². The number of carbonyl (C=O) groups is 1. The zero-order chi connectivity index (χ0) is 18.4. The predicted octanol–water partition coefficient (Wildman–Crippen LogP) is 3.44. The first-order valence-electron chi connectivity index (χ1n) is 9.14. The first-order chi connectivity index (χ1) is 12.6. The molecule has 0 aliphatic carbocycles. The van der Waals surface area contributed by atoms with Crippen molar-refractivity contribution < 1.29 is 19.1 Å². The lowest BCUT2D eigenvalue weighted by Crippen LogP contribution is -2.46. The summed E-state index contributed by atoms with van der Waals surface area (Å²) in [6, 6.07) is 13.7. The highest BCUT2D eigenvalue weighted by Gasteiger charge is 2.25. The number of benzene rings is 1. The summed E-state index contributed by atoms with van der Waals surface area (Å²) in [5.41, 5.74) is 0. The van der Waals surface area contributed by atoms with E-state index in [0.717, 1.165) is 50.5 Å². The lowest BCUT2D eigenvalue weighted by molar-refractivity contribution is -0.139. The molecule has 1 fully saturated rings. The molecule has 0 radical (unpaired) electrons. The minimum atomic E-state index is -0.754. The minimum Gasteiger partial charge on any atom is -0.480 e. The number of hydrogen-bond donors (Lipinski definition) is 1. The fraction of sp³-hybridized carbons (Fsp3) is 0.450. The van der Waals surface area contributed by atoms with Gasteiger partial charge in [-0.3, -0.25) is 14.6 Å². The lowest BCUT2D eigenvalue weighted by Gasteiger charge is -2.37. The van der Waals surface area contributed by atoms with Crippen LogP contribution in [0, 0.1) is 0 Å². The van der Waals surface area contributed by atoms with Gasteiger partial charge in [0.15, 0.2) is 0 Å². The van der Waals surface area contributed by atoms with Crippen LogP contribution in [0.3, 0.4) is 0 Å². The molecule has 1 N–H and O–H groups in total. The number of carboxylic acid groups (broad SMARTS) is 1. The maximum Gasteiger partial charge on any atom is 0.317 e. The Morgan fingerprint density at radius 2 is 1.96 bits per heavy atom. The molecule has 0 unspecified atom stereocenters. The van der Waals surface area contributed by atoms with Crippen molar-refractivity contribution in [1.82, 2.24) is 9.80 Å². The molecule has 0 bridgehead atoms. The van der Waals surface area contributed by atoms with Gasteiger partial charge in [-0.25, -0.2) is 0 Å². The second-order valence-corrected chi connectivity index (χ2v) is 6.60. The zero-order valence-corrected chi connectivity index (χ0v) is 15.1. The van der Waals surface area contributed by atoms with Gasteiger partial charge in [0.25, 0.3) is 5.95 Å². The molecule has 1 aromatic carbocycles. The van der Waals surface area contributed by atoms with E-state index in [2.05, 4.69) is 9.80 Å². The van der Waals surface area contributed by atoms with Crippen LogP contribution in [0.5, 0.6) is 11.7 Å². The Kier molecular flexibility index (Phi) is 6.30. The fourth-order valence-corrected chi connectivity index (χ4v) is 3.44. The van der Waals surface area contributed by atoms with Gasteiger partial charge >= 0.3 is 5.97 Å². The molecule has 0 saturated carbocycles. The number of ether oxygens (including phenoxy) is 1. The first kappa shape index (κ1) is 18.5. The molecule has 140 valence electrons. The molecular formula is C20H26N2O4. The van der Waals surface area contributed by atoms with Crippen molar-refractivity contribution in [2.24, 2.45) is 0 Å². The van der Waals surface area contributed by atoms with Crippen molar-refractivity contribution in [3.8, 4) is 11.7 Å². The highest BCUT2D eigenvalue weighted by atomic mass is 16.6. The van der Waals surface area contributed by atoms with Crippen molar-refractivity contribution >= 4 is 5.97 Å². The van der Waals surface area contributed by atoms with E-state index in [4.69, 9.17) is 14.3 Å². The SMILES string of the molecule is CCN(CC(=O)O)C1CCN(Cc2ccc(Oc3ccccc3)o2)CC1. The molecule has 0 amide bonds. The van der Waals surface area contributed by atoms with E-state index in [9.17, 15) is 4.79 Å². The van der Waals surface area contributed by atoms with Gasteiger partial charge in [0.1, 0.15) is 11.5 Å². The second kappa shape index (κ2) is 8.87. The van der Waals surface area contributed by atoms with Crippen LogP contribution in [0.2, 0.25) is 0 Å². The van der Waals surface area contributed by atoms with E-state index >= 15 is 0 Å². The normalized spacial score (nSPS) is 16.1. The molecule has 26 heavy (non-hydrogen) atoms. The zero-order valence-electron chi connectivity index (χ0n) is 15.1. The molecule has 6 nitrogen and oxygen atoms in total. The van der Waals surface area contributed by atoms with E-state index < -0.39 is 5.97 Å². The minimum absolute atomic E-state index is 0.125. The van der Waals surface area contributed by atoms with Gasteiger partial charge in [-0.1, -0.05) is 25.1 Å². The third kappa shape index (κ3) is 5.09. The Labute approximate surface area is 154 Å². The lowest BCUT2D eigenvalue weighted by atomic mass is 10.0. The van der Waals surface area contributed by atoms with Crippen LogP contribution < -0.4 is 4.74 Å². The summed E-state index contributed by atoms with van der Waals surface area (Å²) in [6.45, 7) is 5.55. The van der Waals surface area contributed by atoms with Gasteiger partial charge in [0.05, 0.1) is 13.1 Å². The molecule has 1 saturated heterocycles. The number of furan rings is 1. The maximum absolute atomic E-state index is 11.0.